The molecule has 134 valence electrons. The van der Waals surface area contributed by atoms with Crippen LogP contribution in [0.25, 0.3) is 0 Å². The molecule has 0 bridgehead atoms. The molecule has 3 N–H and O–H groups in total. The molecule has 7 heteroatoms. The van der Waals surface area contributed by atoms with Crippen molar-refractivity contribution in [1.29, 1.82) is 0 Å². The molecular formula is C18H21ClFN3O2. The van der Waals surface area contributed by atoms with E-state index in [4.69, 9.17) is 22.1 Å². The molecular weight excluding hydrogens is 345 g/mol. The fraction of sp³-hybridized carbons (Fsp3) is 0.333. The number of hydrogen-bond donors (Lipinski definition) is 2. The lowest BCUT2D eigenvalue weighted by Gasteiger charge is -2.23. The second-order valence-electron chi connectivity index (χ2n) is 5.75. The SMILES string of the molecule is CC[C@@H](N[C@@H](C)CC(N)=O)c1ccc(Cl)c(Oc2ccccn2)c1F. The predicted octanol–water partition coefficient (Wildman–Crippen LogP) is 3.97. The molecule has 1 heterocycles. The lowest BCUT2D eigenvalue weighted by atomic mass is 10.0. The lowest BCUT2D eigenvalue weighted by molar-refractivity contribution is -0.118. The van der Waals surface area contributed by atoms with Crippen LogP contribution in [0.15, 0.2) is 36.5 Å². The zero-order chi connectivity index (χ0) is 18.4. The molecule has 0 spiro atoms. The van der Waals surface area contributed by atoms with Gasteiger partial charge in [0.25, 0.3) is 0 Å². The Labute approximate surface area is 151 Å². The number of nitrogens with two attached hydrogens (primary N) is 1. The highest BCUT2D eigenvalue weighted by Crippen LogP contribution is 2.36. The molecule has 0 aliphatic rings. The largest absolute Gasteiger partial charge is 0.434 e. The average molecular weight is 366 g/mol. The van der Waals surface area contributed by atoms with E-state index in [1.165, 1.54) is 0 Å². The number of nitrogens with one attached hydrogen (secondary N) is 1. The summed E-state index contributed by atoms with van der Waals surface area (Å²) in [5.74, 6) is -0.779. The number of benzene rings is 1. The molecule has 0 aliphatic carbocycles. The van der Waals surface area contributed by atoms with Crippen molar-refractivity contribution in [2.24, 2.45) is 5.73 Å². The minimum atomic E-state index is -0.552. The molecule has 0 saturated carbocycles. The van der Waals surface area contributed by atoms with E-state index >= 15 is 4.39 Å². The Balaban J connectivity index is 2.28. The Bertz CT molecular complexity index is 728. The summed E-state index contributed by atoms with van der Waals surface area (Å²) in [5, 5.41) is 3.37. The number of primary amides is 1. The first-order valence-corrected chi connectivity index (χ1v) is 8.41. The monoisotopic (exact) mass is 365 g/mol. The zero-order valence-corrected chi connectivity index (χ0v) is 14.9. The topological polar surface area (TPSA) is 77.2 Å². The van der Waals surface area contributed by atoms with Crippen LogP contribution in [-0.2, 0) is 4.79 Å². The van der Waals surface area contributed by atoms with E-state index in [1.807, 2.05) is 13.8 Å². The highest BCUT2D eigenvalue weighted by atomic mass is 35.5. The molecule has 1 amide bonds. The number of nitrogens with zero attached hydrogens (tertiary/aromatic N) is 1. The van der Waals surface area contributed by atoms with Crippen molar-refractivity contribution in [2.75, 3.05) is 0 Å². The number of ether oxygens (including phenoxy) is 1. The molecule has 2 rings (SSSR count). The summed E-state index contributed by atoms with van der Waals surface area (Å²) in [5.41, 5.74) is 5.62. The van der Waals surface area contributed by atoms with Crippen LogP contribution in [0.2, 0.25) is 5.02 Å². The maximum absolute atomic E-state index is 15.0. The molecule has 1 aromatic heterocycles. The van der Waals surface area contributed by atoms with Crippen LogP contribution in [0.1, 0.15) is 38.3 Å². The summed E-state index contributed by atoms with van der Waals surface area (Å²) in [4.78, 5) is 15.1. The van der Waals surface area contributed by atoms with Crippen LogP contribution >= 0.6 is 11.6 Å². The summed E-state index contributed by atoms with van der Waals surface area (Å²) in [7, 11) is 0. The number of halogens is 2. The number of amides is 1. The molecule has 2 atom stereocenters. The second-order valence-corrected chi connectivity index (χ2v) is 6.16. The number of carbonyl (C=O) groups is 1. The minimum absolute atomic E-state index is 0.0688. The molecule has 5 nitrogen and oxygen atoms in total. The number of aromatic nitrogens is 1. The van der Waals surface area contributed by atoms with Gasteiger partial charge in [0.15, 0.2) is 11.6 Å². The van der Waals surface area contributed by atoms with Crippen LogP contribution in [-0.4, -0.2) is 16.9 Å². The number of hydrogen-bond acceptors (Lipinski definition) is 4. The molecule has 1 aromatic carbocycles. The van der Waals surface area contributed by atoms with Gasteiger partial charge >= 0.3 is 0 Å². The highest BCUT2D eigenvalue weighted by molar-refractivity contribution is 6.32. The number of carbonyl (C=O) groups excluding carboxylic acids is 1. The number of pyridine rings is 1. The van der Waals surface area contributed by atoms with E-state index in [2.05, 4.69) is 10.3 Å². The predicted molar refractivity (Wildman–Crippen MR) is 95.2 cm³/mol. The Morgan fingerprint density at radius 3 is 2.76 bits per heavy atom. The van der Waals surface area contributed by atoms with Crippen molar-refractivity contribution in [3.63, 3.8) is 0 Å². The fourth-order valence-electron chi connectivity index (χ4n) is 2.55. The third-order valence-electron chi connectivity index (χ3n) is 3.70. The van der Waals surface area contributed by atoms with Crippen LogP contribution in [0, 0.1) is 5.82 Å². The maximum Gasteiger partial charge on any atom is 0.219 e. The summed E-state index contributed by atoms with van der Waals surface area (Å²) in [6, 6.07) is 7.80. The Hall–Kier alpha value is -2.18. The molecule has 2 aromatic rings. The molecule has 0 unspecified atom stereocenters. The summed E-state index contributed by atoms with van der Waals surface area (Å²) in [6.45, 7) is 3.74. The quantitative estimate of drug-likeness (QED) is 0.742. The van der Waals surface area contributed by atoms with Gasteiger partial charge in [-0.15, -0.1) is 0 Å². The molecule has 0 fully saturated rings. The van der Waals surface area contributed by atoms with E-state index in [-0.39, 0.29) is 35.2 Å². The van der Waals surface area contributed by atoms with Gasteiger partial charge in [-0.2, -0.15) is 0 Å². The molecule has 0 radical (unpaired) electrons. The maximum atomic E-state index is 15.0. The van der Waals surface area contributed by atoms with Gasteiger partial charge in [0.05, 0.1) is 5.02 Å². The van der Waals surface area contributed by atoms with E-state index in [0.29, 0.717) is 12.0 Å². The van der Waals surface area contributed by atoms with Crippen molar-refractivity contribution >= 4 is 17.5 Å². The van der Waals surface area contributed by atoms with Gasteiger partial charge in [0, 0.05) is 36.3 Å². The third kappa shape index (κ3) is 5.14. The first-order chi connectivity index (χ1) is 11.9. The summed E-state index contributed by atoms with van der Waals surface area (Å²) < 4.78 is 20.5. The van der Waals surface area contributed by atoms with Crippen molar-refractivity contribution < 1.29 is 13.9 Å². The van der Waals surface area contributed by atoms with E-state index < -0.39 is 11.7 Å². The summed E-state index contributed by atoms with van der Waals surface area (Å²) in [6.07, 6.45) is 2.33. The van der Waals surface area contributed by atoms with Crippen molar-refractivity contribution in [2.45, 2.75) is 38.8 Å². The van der Waals surface area contributed by atoms with Gasteiger partial charge in [0.2, 0.25) is 11.8 Å². The summed E-state index contributed by atoms with van der Waals surface area (Å²) >= 11 is 6.10. The lowest BCUT2D eigenvalue weighted by Crippen LogP contribution is -2.34. The Morgan fingerprint density at radius 1 is 1.40 bits per heavy atom. The second kappa shape index (κ2) is 8.78. The zero-order valence-electron chi connectivity index (χ0n) is 14.1. The standard InChI is InChI=1S/C18H21ClFN3O2/c1-3-14(23-11(2)10-15(21)24)12-7-8-13(19)18(17(12)20)25-16-6-4-5-9-22-16/h4-9,11,14,23H,3,10H2,1-2H3,(H2,21,24)/t11-,14+/m0/s1. The van der Waals surface area contributed by atoms with Gasteiger partial charge in [0.1, 0.15) is 0 Å². The van der Waals surface area contributed by atoms with Crippen LogP contribution in [0.4, 0.5) is 4.39 Å². The van der Waals surface area contributed by atoms with Gasteiger partial charge < -0.3 is 15.8 Å². The third-order valence-corrected chi connectivity index (χ3v) is 4.00. The Morgan fingerprint density at radius 2 is 2.16 bits per heavy atom. The van der Waals surface area contributed by atoms with Gasteiger partial charge in [-0.25, -0.2) is 9.37 Å². The van der Waals surface area contributed by atoms with Crippen molar-refractivity contribution in [3.05, 3.63) is 52.9 Å². The fourth-order valence-corrected chi connectivity index (χ4v) is 2.74. The first-order valence-electron chi connectivity index (χ1n) is 8.03. The number of rotatable bonds is 8. The van der Waals surface area contributed by atoms with Crippen molar-refractivity contribution in [1.82, 2.24) is 10.3 Å². The Kier molecular flexibility index (Phi) is 6.73. The smallest absolute Gasteiger partial charge is 0.219 e. The molecule has 0 aliphatic heterocycles. The first kappa shape index (κ1) is 19.1. The van der Waals surface area contributed by atoms with E-state index in [0.717, 1.165) is 0 Å². The van der Waals surface area contributed by atoms with Gasteiger partial charge in [-0.3, -0.25) is 4.79 Å². The van der Waals surface area contributed by atoms with Crippen molar-refractivity contribution in [3.8, 4) is 11.6 Å². The van der Waals surface area contributed by atoms with Gasteiger partial charge in [-0.1, -0.05) is 30.7 Å². The van der Waals surface area contributed by atoms with E-state index in [9.17, 15) is 4.79 Å². The van der Waals surface area contributed by atoms with Crippen LogP contribution < -0.4 is 15.8 Å². The highest BCUT2D eigenvalue weighted by Gasteiger charge is 2.22. The normalized spacial score (nSPS) is 13.3. The van der Waals surface area contributed by atoms with Crippen LogP contribution in [0.3, 0.4) is 0 Å². The minimum Gasteiger partial charge on any atom is -0.434 e. The molecule has 25 heavy (non-hydrogen) atoms. The average Bonchev–Trinajstić information content (AvgIpc) is 2.57. The van der Waals surface area contributed by atoms with Gasteiger partial charge in [-0.05, 0) is 25.5 Å². The molecule has 0 saturated heterocycles. The van der Waals surface area contributed by atoms with E-state index in [1.54, 1.807) is 36.5 Å². The van der Waals surface area contributed by atoms with Crippen LogP contribution in [0.5, 0.6) is 11.6 Å².